The molecule has 0 unspecified atom stereocenters. The number of likely N-dealkylation sites (tertiary alicyclic amines) is 1. The third-order valence-electron chi connectivity index (χ3n) is 7.36. The fourth-order valence-electron chi connectivity index (χ4n) is 5.32. The van der Waals surface area contributed by atoms with E-state index in [9.17, 15) is 4.79 Å². The van der Waals surface area contributed by atoms with Crippen LogP contribution in [0.4, 0.5) is 0 Å². The highest BCUT2D eigenvalue weighted by molar-refractivity contribution is 5.88. The van der Waals surface area contributed by atoms with E-state index in [4.69, 9.17) is 9.72 Å². The molecule has 3 fully saturated rings. The molecule has 31 heavy (non-hydrogen) atoms. The molecule has 0 bridgehead atoms. The average Bonchev–Trinajstić information content (AvgIpc) is 3.34. The predicted molar refractivity (Wildman–Crippen MR) is 120 cm³/mol. The molecular weight excluding hydrogens is 388 g/mol. The van der Waals surface area contributed by atoms with Crippen molar-refractivity contribution in [3.8, 4) is 0 Å². The molecule has 166 valence electrons. The van der Waals surface area contributed by atoms with Gasteiger partial charge in [-0.1, -0.05) is 36.8 Å². The molecule has 2 saturated heterocycles. The van der Waals surface area contributed by atoms with Gasteiger partial charge in [0.1, 0.15) is 0 Å². The number of rotatable bonds is 6. The molecule has 6 heteroatoms. The lowest BCUT2D eigenvalue weighted by molar-refractivity contribution is -0.173. The maximum Gasteiger partial charge on any atom is 0.257 e. The Bertz CT molecular complexity index is 907. The van der Waals surface area contributed by atoms with E-state index in [1.54, 1.807) is 0 Å². The zero-order chi connectivity index (χ0) is 21.4. The molecule has 3 aliphatic rings. The minimum atomic E-state index is -0.826. The minimum absolute atomic E-state index is 0.0482. The van der Waals surface area contributed by atoms with Crippen LogP contribution in [0.2, 0.25) is 0 Å². The van der Waals surface area contributed by atoms with Crippen LogP contribution in [-0.2, 0) is 16.1 Å². The number of morpholine rings is 1. The fourth-order valence-corrected chi connectivity index (χ4v) is 5.32. The normalized spacial score (nSPS) is 27.4. The third-order valence-corrected chi connectivity index (χ3v) is 7.36. The van der Waals surface area contributed by atoms with Gasteiger partial charge in [0, 0.05) is 45.0 Å². The minimum Gasteiger partial charge on any atom is -0.361 e. The monoisotopic (exact) mass is 422 g/mol. The fraction of sp³-hybridized carbons (Fsp3) is 0.600. The van der Waals surface area contributed by atoms with E-state index in [-0.39, 0.29) is 11.8 Å². The first-order valence-corrected chi connectivity index (χ1v) is 11.8. The van der Waals surface area contributed by atoms with Crippen LogP contribution >= 0.6 is 0 Å². The van der Waals surface area contributed by atoms with Crippen molar-refractivity contribution in [3.05, 3.63) is 54.1 Å². The lowest BCUT2D eigenvalue weighted by Gasteiger charge is -2.44. The Hall–Kier alpha value is -2.18. The van der Waals surface area contributed by atoms with Crippen molar-refractivity contribution in [2.24, 2.45) is 5.92 Å². The summed E-state index contributed by atoms with van der Waals surface area (Å²) < 4.78 is 8.55. The topological polar surface area (TPSA) is 50.6 Å². The summed E-state index contributed by atoms with van der Waals surface area (Å²) in [5, 5.41) is 0. The second kappa shape index (κ2) is 8.40. The molecule has 6 nitrogen and oxygen atoms in total. The first-order chi connectivity index (χ1) is 15.0. The van der Waals surface area contributed by atoms with Gasteiger partial charge in [-0.2, -0.15) is 0 Å². The number of nitrogens with zero attached hydrogens (tertiary/aromatic N) is 4. The molecule has 1 spiro atoms. The molecule has 0 radical (unpaired) electrons. The Morgan fingerprint density at radius 1 is 1.23 bits per heavy atom. The molecule has 1 aromatic carbocycles. The van der Waals surface area contributed by atoms with E-state index in [1.165, 1.54) is 24.8 Å². The van der Waals surface area contributed by atoms with E-state index >= 15 is 0 Å². The summed E-state index contributed by atoms with van der Waals surface area (Å²) in [6.07, 6.45) is 7.81. The molecule has 0 N–H and O–H groups in total. The van der Waals surface area contributed by atoms with Gasteiger partial charge in [-0.3, -0.25) is 9.69 Å². The summed E-state index contributed by atoms with van der Waals surface area (Å²) in [5.74, 6) is 0.790. The van der Waals surface area contributed by atoms with Crippen molar-refractivity contribution in [1.82, 2.24) is 19.4 Å². The number of carbonyl (C=O) groups is 1. The maximum atomic E-state index is 13.9. The number of imidazole rings is 1. The first-order valence-electron chi connectivity index (χ1n) is 11.8. The van der Waals surface area contributed by atoms with Gasteiger partial charge in [0.15, 0.2) is 5.60 Å². The standard InChI is InChI=1S/C25H34N4O2/c1-19(2)29-16-23(26-18-29)22-15-27(13-20-7-4-3-5-8-20)17-25(22)24(30)28(11-12-31-25)14-21-9-6-10-21/h3-5,7-8,16,18-19,21-22H,6,9-15,17H2,1-2H3/t22-,25-/m0/s1. The molecule has 5 rings (SSSR count). The summed E-state index contributed by atoms with van der Waals surface area (Å²) in [4.78, 5) is 23.1. The summed E-state index contributed by atoms with van der Waals surface area (Å²) in [6.45, 7) is 8.75. The Kier molecular flexibility index (Phi) is 5.61. The van der Waals surface area contributed by atoms with Gasteiger partial charge in [-0.15, -0.1) is 0 Å². The number of hydrogen-bond donors (Lipinski definition) is 0. The van der Waals surface area contributed by atoms with Crippen LogP contribution in [0.15, 0.2) is 42.9 Å². The van der Waals surface area contributed by atoms with Gasteiger partial charge in [-0.25, -0.2) is 4.98 Å². The van der Waals surface area contributed by atoms with Gasteiger partial charge in [0.05, 0.1) is 24.5 Å². The van der Waals surface area contributed by atoms with E-state index in [0.717, 1.165) is 25.3 Å². The highest BCUT2D eigenvalue weighted by Crippen LogP contribution is 2.42. The summed E-state index contributed by atoms with van der Waals surface area (Å²) in [6, 6.07) is 10.8. The van der Waals surface area contributed by atoms with E-state index in [0.29, 0.717) is 31.7 Å². The Morgan fingerprint density at radius 3 is 2.71 bits per heavy atom. The van der Waals surface area contributed by atoms with Crippen molar-refractivity contribution in [3.63, 3.8) is 0 Å². The van der Waals surface area contributed by atoms with E-state index in [2.05, 4.69) is 58.7 Å². The molecule has 2 aliphatic heterocycles. The number of aromatic nitrogens is 2. The molecule has 1 amide bonds. The quantitative estimate of drug-likeness (QED) is 0.715. The van der Waals surface area contributed by atoms with E-state index in [1.807, 2.05) is 12.4 Å². The van der Waals surface area contributed by atoms with Crippen molar-refractivity contribution in [1.29, 1.82) is 0 Å². The average molecular weight is 423 g/mol. The Morgan fingerprint density at radius 2 is 2.03 bits per heavy atom. The van der Waals surface area contributed by atoms with Crippen LogP contribution < -0.4 is 0 Å². The molecule has 2 aromatic rings. The number of ether oxygens (including phenoxy) is 1. The maximum absolute atomic E-state index is 13.9. The van der Waals surface area contributed by atoms with Crippen LogP contribution in [0.1, 0.15) is 56.3 Å². The lowest BCUT2D eigenvalue weighted by atomic mass is 9.82. The largest absolute Gasteiger partial charge is 0.361 e. The summed E-state index contributed by atoms with van der Waals surface area (Å²) in [7, 11) is 0. The number of hydrogen-bond acceptors (Lipinski definition) is 4. The third kappa shape index (κ3) is 3.92. The molecule has 1 saturated carbocycles. The van der Waals surface area contributed by atoms with Crippen molar-refractivity contribution in [2.45, 2.75) is 57.2 Å². The highest BCUT2D eigenvalue weighted by atomic mass is 16.5. The summed E-state index contributed by atoms with van der Waals surface area (Å²) in [5.41, 5.74) is 1.41. The Balaban J connectivity index is 1.44. The van der Waals surface area contributed by atoms with Crippen LogP contribution in [0.3, 0.4) is 0 Å². The molecule has 3 heterocycles. The van der Waals surface area contributed by atoms with Gasteiger partial charge in [0.2, 0.25) is 0 Å². The number of amides is 1. The zero-order valence-electron chi connectivity index (χ0n) is 18.7. The predicted octanol–water partition coefficient (Wildman–Crippen LogP) is 3.46. The van der Waals surface area contributed by atoms with Crippen molar-refractivity contribution < 1.29 is 9.53 Å². The van der Waals surface area contributed by atoms with Crippen LogP contribution in [0, 0.1) is 5.92 Å². The molecule has 2 atom stereocenters. The van der Waals surface area contributed by atoms with Gasteiger partial charge >= 0.3 is 0 Å². The van der Waals surface area contributed by atoms with E-state index < -0.39 is 5.60 Å². The molecule has 1 aromatic heterocycles. The van der Waals surface area contributed by atoms with Gasteiger partial charge in [-0.05, 0) is 38.2 Å². The SMILES string of the molecule is CC(C)n1cnc([C@@H]2CN(Cc3ccccc3)C[C@]23OCCN(CC2CCC2)C3=O)c1. The number of benzene rings is 1. The smallest absolute Gasteiger partial charge is 0.257 e. The second-order valence-electron chi connectivity index (χ2n) is 9.83. The van der Waals surface area contributed by atoms with Crippen molar-refractivity contribution in [2.75, 3.05) is 32.8 Å². The van der Waals surface area contributed by atoms with Crippen LogP contribution in [0.5, 0.6) is 0 Å². The van der Waals surface area contributed by atoms with Crippen LogP contribution in [0.25, 0.3) is 0 Å². The molecular formula is C25H34N4O2. The first kappa shape index (κ1) is 20.7. The van der Waals surface area contributed by atoms with Gasteiger partial charge < -0.3 is 14.2 Å². The summed E-state index contributed by atoms with van der Waals surface area (Å²) >= 11 is 0. The lowest BCUT2D eigenvalue weighted by Crippen LogP contribution is -2.61. The highest BCUT2D eigenvalue weighted by Gasteiger charge is 2.57. The van der Waals surface area contributed by atoms with Gasteiger partial charge in [0.25, 0.3) is 5.91 Å². The second-order valence-corrected chi connectivity index (χ2v) is 9.83. The Labute approximate surface area is 185 Å². The van der Waals surface area contributed by atoms with Crippen molar-refractivity contribution >= 4 is 5.91 Å². The zero-order valence-corrected chi connectivity index (χ0v) is 18.7. The number of carbonyl (C=O) groups excluding carboxylic acids is 1. The van der Waals surface area contributed by atoms with Crippen LogP contribution in [-0.4, -0.2) is 63.6 Å². The molecule has 1 aliphatic carbocycles.